The molecule has 0 N–H and O–H groups in total. The van der Waals surface area contributed by atoms with Crippen LogP contribution in [0.25, 0.3) is 11.0 Å². The minimum atomic E-state index is -0.588. The van der Waals surface area contributed by atoms with Crippen LogP contribution in [-0.4, -0.2) is 48.0 Å². The van der Waals surface area contributed by atoms with Gasteiger partial charge in [-0.25, -0.2) is 9.18 Å². The van der Waals surface area contributed by atoms with E-state index in [1.807, 2.05) is 13.8 Å². The Morgan fingerprint density at radius 3 is 2.59 bits per heavy atom. The van der Waals surface area contributed by atoms with Crippen molar-refractivity contribution in [3.8, 4) is 5.75 Å². The van der Waals surface area contributed by atoms with Crippen LogP contribution in [0.4, 0.5) is 4.39 Å². The van der Waals surface area contributed by atoms with E-state index in [2.05, 4.69) is 4.90 Å². The summed E-state index contributed by atoms with van der Waals surface area (Å²) in [6, 6.07) is 11.0. The molecule has 2 aromatic carbocycles. The molecule has 1 saturated heterocycles. The van der Waals surface area contributed by atoms with Crippen LogP contribution in [0.3, 0.4) is 0 Å². The van der Waals surface area contributed by atoms with Crippen LogP contribution in [0.1, 0.15) is 29.8 Å². The number of hydrogen-bond donors (Lipinski definition) is 0. The van der Waals surface area contributed by atoms with Gasteiger partial charge in [-0.15, -0.1) is 0 Å². The molecule has 0 aliphatic carbocycles. The molecule has 2 heterocycles. The number of ether oxygens (including phenoxy) is 1. The quantitative estimate of drug-likeness (QED) is 0.532. The number of nitrogens with zero attached hydrogens (tertiary/aromatic N) is 2. The Kier molecular flexibility index (Phi) is 6.48. The molecular weight excluding hydrogens is 435 g/mol. The van der Waals surface area contributed by atoms with Crippen LogP contribution in [0.2, 0.25) is 5.02 Å². The molecule has 0 radical (unpaired) electrons. The molecular formula is C24H24ClFN2O4. The van der Waals surface area contributed by atoms with E-state index in [1.54, 1.807) is 35.2 Å². The number of carbonyl (C=O) groups excluding carboxylic acids is 1. The number of hydrogen-bond acceptors (Lipinski definition) is 5. The number of benzene rings is 2. The van der Waals surface area contributed by atoms with E-state index >= 15 is 0 Å². The summed E-state index contributed by atoms with van der Waals surface area (Å²) in [4.78, 5) is 29.1. The van der Waals surface area contributed by atoms with Gasteiger partial charge in [-0.05, 0) is 38.1 Å². The van der Waals surface area contributed by atoms with Crippen molar-refractivity contribution >= 4 is 28.5 Å². The molecule has 0 spiro atoms. The highest BCUT2D eigenvalue weighted by molar-refractivity contribution is 6.31. The molecule has 6 nitrogen and oxygen atoms in total. The van der Waals surface area contributed by atoms with Crippen molar-refractivity contribution in [1.29, 1.82) is 0 Å². The van der Waals surface area contributed by atoms with Crippen molar-refractivity contribution in [1.82, 2.24) is 9.80 Å². The smallest absolute Gasteiger partial charge is 0.337 e. The predicted octanol–water partition coefficient (Wildman–Crippen LogP) is 4.33. The molecule has 4 rings (SSSR count). The summed E-state index contributed by atoms with van der Waals surface area (Å²) in [7, 11) is 0. The van der Waals surface area contributed by atoms with E-state index in [0.717, 1.165) is 0 Å². The molecule has 1 amide bonds. The molecule has 3 aromatic rings. The number of fused-ring (bicyclic) bond motifs is 1. The first kappa shape index (κ1) is 22.3. The van der Waals surface area contributed by atoms with Crippen LogP contribution in [0.15, 0.2) is 51.7 Å². The summed E-state index contributed by atoms with van der Waals surface area (Å²) in [5, 5.41) is 0.957. The van der Waals surface area contributed by atoms with Crippen molar-refractivity contribution in [3.63, 3.8) is 0 Å². The zero-order valence-electron chi connectivity index (χ0n) is 17.9. The fourth-order valence-corrected chi connectivity index (χ4v) is 4.07. The van der Waals surface area contributed by atoms with Gasteiger partial charge >= 0.3 is 5.63 Å². The van der Waals surface area contributed by atoms with Gasteiger partial charge in [0.1, 0.15) is 17.1 Å². The van der Waals surface area contributed by atoms with Crippen LogP contribution in [0.5, 0.6) is 5.75 Å². The van der Waals surface area contributed by atoms with E-state index in [9.17, 15) is 14.0 Å². The largest absolute Gasteiger partial charge is 0.491 e. The molecule has 0 bridgehead atoms. The van der Waals surface area contributed by atoms with Gasteiger partial charge in [0, 0.05) is 60.8 Å². The summed E-state index contributed by atoms with van der Waals surface area (Å²) in [5.74, 6) is 0.00368. The second kappa shape index (κ2) is 9.30. The van der Waals surface area contributed by atoms with Crippen molar-refractivity contribution in [3.05, 3.63) is 74.9 Å². The van der Waals surface area contributed by atoms with Gasteiger partial charge < -0.3 is 14.1 Å². The number of piperazine rings is 1. The molecule has 1 aromatic heterocycles. The van der Waals surface area contributed by atoms with Gasteiger partial charge in [0.2, 0.25) is 0 Å². The highest BCUT2D eigenvalue weighted by Gasteiger charge is 2.25. The second-order valence-corrected chi connectivity index (χ2v) is 8.48. The highest BCUT2D eigenvalue weighted by Crippen LogP contribution is 2.25. The van der Waals surface area contributed by atoms with Crippen molar-refractivity contribution in [2.45, 2.75) is 26.5 Å². The molecule has 32 heavy (non-hydrogen) atoms. The Labute approximate surface area is 190 Å². The maximum atomic E-state index is 14.1. The molecule has 168 valence electrons. The predicted molar refractivity (Wildman–Crippen MR) is 121 cm³/mol. The first-order valence-electron chi connectivity index (χ1n) is 10.5. The summed E-state index contributed by atoms with van der Waals surface area (Å²) in [6.07, 6.45) is -0.0282. The van der Waals surface area contributed by atoms with E-state index in [4.69, 9.17) is 20.8 Å². The maximum absolute atomic E-state index is 14.1. The molecule has 0 unspecified atom stereocenters. The zero-order chi connectivity index (χ0) is 22.8. The first-order chi connectivity index (χ1) is 15.3. The molecule has 0 saturated carbocycles. The minimum absolute atomic E-state index is 0.0282. The van der Waals surface area contributed by atoms with Crippen molar-refractivity contribution < 1.29 is 18.3 Å². The molecule has 0 atom stereocenters. The Hall–Kier alpha value is -2.90. The Morgan fingerprint density at radius 1 is 1.16 bits per heavy atom. The number of amides is 1. The molecule has 1 aliphatic rings. The Bertz CT molecular complexity index is 1180. The number of rotatable bonds is 5. The SMILES string of the molecule is CC(C)Oc1ccc2c(C(=O)N3CCN(Cc4c(F)cccc4Cl)CC3)cc(=O)oc2c1. The van der Waals surface area contributed by atoms with Crippen molar-refractivity contribution in [2.75, 3.05) is 26.2 Å². The van der Waals surface area contributed by atoms with Gasteiger partial charge in [-0.1, -0.05) is 17.7 Å². The van der Waals surface area contributed by atoms with Crippen LogP contribution in [-0.2, 0) is 6.54 Å². The minimum Gasteiger partial charge on any atom is -0.491 e. The average molecular weight is 459 g/mol. The molecule has 1 fully saturated rings. The van der Waals surface area contributed by atoms with Gasteiger partial charge in [-0.2, -0.15) is 0 Å². The third kappa shape index (κ3) is 4.79. The fourth-order valence-electron chi connectivity index (χ4n) is 3.85. The van der Waals surface area contributed by atoms with E-state index in [0.29, 0.717) is 65.6 Å². The van der Waals surface area contributed by atoms with Crippen LogP contribution >= 0.6 is 11.6 Å². The summed E-state index contributed by atoms with van der Waals surface area (Å²) < 4.78 is 25.1. The second-order valence-electron chi connectivity index (χ2n) is 8.07. The van der Waals surface area contributed by atoms with E-state index < -0.39 is 5.63 Å². The van der Waals surface area contributed by atoms with Gasteiger partial charge in [0.25, 0.3) is 5.91 Å². The topological polar surface area (TPSA) is 63.0 Å². The third-order valence-electron chi connectivity index (χ3n) is 5.42. The van der Waals surface area contributed by atoms with Crippen LogP contribution in [0, 0.1) is 5.82 Å². The van der Waals surface area contributed by atoms with Gasteiger partial charge in [-0.3, -0.25) is 9.69 Å². The first-order valence-corrected chi connectivity index (χ1v) is 10.9. The number of carbonyl (C=O) groups is 1. The maximum Gasteiger partial charge on any atom is 0.337 e. The van der Waals surface area contributed by atoms with Gasteiger partial charge in [0.15, 0.2) is 0 Å². The lowest BCUT2D eigenvalue weighted by Crippen LogP contribution is -2.48. The van der Waals surface area contributed by atoms with Crippen molar-refractivity contribution in [2.24, 2.45) is 0 Å². The fraction of sp³-hybridized carbons (Fsp3) is 0.333. The molecule has 8 heteroatoms. The lowest BCUT2D eigenvalue weighted by atomic mass is 10.1. The lowest BCUT2D eigenvalue weighted by Gasteiger charge is -2.35. The van der Waals surface area contributed by atoms with E-state index in [1.165, 1.54) is 12.1 Å². The monoisotopic (exact) mass is 458 g/mol. The summed E-state index contributed by atoms with van der Waals surface area (Å²) in [6.45, 7) is 6.25. The summed E-state index contributed by atoms with van der Waals surface area (Å²) >= 11 is 6.14. The standard InChI is InChI=1S/C24H24ClFN2O4/c1-15(2)31-16-6-7-17-18(13-23(29)32-22(17)12-16)24(30)28-10-8-27(9-11-28)14-19-20(25)4-3-5-21(19)26/h3-7,12-13,15H,8-11,14H2,1-2H3. The van der Waals surface area contributed by atoms with Crippen LogP contribution < -0.4 is 10.4 Å². The highest BCUT2D eigenvalue weighted by atomic mass is 35.5. The average Bonchev–Trinajstić information content (AvgIpc) is 2.75. The zero-order valence-corrected chi connectivity index (χ0v) is 18.7. The Balaban J connectivity index is 1.50. The number of halogens is 2. The normalized spacial score (nSPS) is 14.8. The molecule has 1 aliphatic heterocycles. The lowest BCUT2D eigenvalue weighted by molar-refractivity contribution is 0.0628. The van der Waals surface area contributed by atoms with E-state index in [-0.39, 0.29) is 17.8 Å². The van der Waals surface area contributed by atoms with Gasteiger partial charge in [0.05, 0.1) is 11.7 Å². The third-order valence-corrected chi connectivity index (χ3v) is 5.78. The Morgan fingerprint density at radius 2 is 1.91 bits per heavy atom. The summed E-state index contributed by atoms with van der Waals surface area (Å²) in [5.41, 5.74) is 0.486.